The van der Waals surface area contributed by atoms with Crippen LogP contribution in [-0.2, 0) is 18.4 Å². The lowest BCUT2D eigenvalue weighted by Crippen LogP contribution is -2.48. The van der Waals surface area contributed by atoms with Crippen LogP contribution in [0.4, 0.5) is 0 Å². The molecule has 2 aromatic rings. The van der Waals surface area contributed by atoms with Crippen molar-refractivity contribution in [2.75, 3.05) is 13.1 Å². The molecular weight excluding hydrogens is 346 g/mol. The van der Waals surface area contributed by atoms with Crippen molar-refractivity contribution in [1.29, 1.82) is 0 Å². The van der Waals surface area contributed by atoms with Gasteiger partial charge in [0, 0.05) is 44.2 Å². The molecular formula is C18H23N7O2. The highest BCUT2D eigenvalue weighted by atomic mass is 16.2. The number of hydrogen-bond donors (Lipinski definition) is 1. The fraction of sp³-hybridized carbons (Fsp3) is 0.611. The van der Waals surface area contributed by atoms with Crippen LogP contribution in [0, 0.1) is 11.3 Å². The lowest BCUT2D eigenvalue weighted by Gasteiger charge is -2.40. The zero-order chi connectivity index (χ0) is 18.6. The highest BCUT2D eigenvalue weighted by Crippen LogP contribution is 2.48. The Hall–Kier alpha value is -2.71. The summed E-state index contributed by atoms with van der Waals surface area (Å²) in [6.45, 7) is 2.03. The predicted molar refractivity (Wildman–Crippen MR) is 94.4 cm³/mol. The van der Waals surface area contributed by atoms with Gasteiger partial charge in [-0.25, -0.2) is 9.67 Å². The number of amides is 2. The van der Waals surface area contributed by atoms with E-state index in [-0.39, 0.29) is 29.2 Å². The fourth-order valence-corrected chi connectivity index (χ4v) is 4.44. The summed E-state index contributed by atoms with van der Waals surface area (Å²) in [5.41, 5.74) is 0.268. The number of carbonyl (C=O) groups excluding carboxylic acids is 2. The summed E-state index contributed by atoms with van der Waals surface area (Å²) in [5.74, 6) is 0.993. The molecule has 0 bridgehead atoms. The molecule has 1 aliphatic carbocycles. The molecule has 4 heterocycles. The number of aryl methyl sites for hydroxylation is 2. The number of hydrogen-bond acceptors (Lipinski definition) is 5. The van der Waals surface area contributed by atoms with Crippen molar-refractivity contribution in [3.63, 3.8) is 0 Å². The molecule has 9 nitrogen and oxygen atoms in total. The summed E-state index contributed by atoms with van der Waals surface area (Å²) in [7, 11) is 1.81. The Morgan fingerprint density at radius 3 is 2.81 bits per heavy atom. The van der Waals surface area contributed by atoms with Gasteiger partial charge in [-0.2, -0.15) is 10.2 Å². The molecule has 1 spiro atoms. The number of aromatic nitrogens is 5. The second-order valence-corrected chi connectivity index (χ2v) is 8.02. The van der Waals surface area contributed by atoms with Crippen LogP contribution in [0.3, 0.4) is 0 Å². The van der Waals surface area contributed by atoms with E-state index in [1.807, 2.05) is 9.58 Å². The third-order valence-electron chi connectivity index (χ3n) is 6.18. The Balaban J connectivity index is 1.41. The summed E-state index contributed by atoms with van der Waals surface area (Å²) in [6.07, 6.45) is 6.96. The molecule has 2 aliphatic heterocycles. The van der Waals surface area contributed by atoms with Crippen LogP contribution in [0.25, 0.3) is 0 Å². The van der Waals surface area contributed by atoms with Gasteiger partial charge in [0.2, 0.25) is 5.91 Å². The van der Waals surface area contributed by atoms with E-state index in [1.165, 1.54) is 0 Å². The van der Waals surface area contributed by atoms with E-state index < -0.39 is 0 Å². The Labute approximate surface area is 156 Å². The molecule has 0 aromatic carbocycles. The average Bonchev–Trinajstić information content (AvgIpc) is 3.05. The molecule has 2 atom stereocenters. The molecule has 5 rings (SSSR count). The minimum Gasteiger partial charge on any atom is -0.345 e. The summed E-state index contributed by atoms with van der Waals surface area (Å²) in [5, 5.41) is 11.8. The zero-order valence-corrected chi connectivity index (χ0v) is 15.3. The van der Waals surface area contributed by atoms with Crippen LogP contribution in [0.2, 0.25) is 0 Å². The minimum atomic E-state index is -0.205. The van der Waals surface area contributed by atoms with E-state index in [4.69, 9.17) is 0 Å². The van der Waals surface area contributed by atoms with E-state index >= 15 is 0 Å². The molecule has 2 aromatic heterocycles. The van der Waals surface area contributed by atoms with Crippen molar-refractivity contribution in [2.45, 2.75) is 38.3 Å². The molecule has 3 aliphatic rings. The van der Waals surface area contributed by atoms with Gasteiger partial charge in [-0.15, -0.1) is 0 Å². The van der Waals surface area contributed by atoms with Crippen molar-refractivity contribution in [3.8, 4) is 0 Å². The number of fused-ring (bicyclic) bond motifs is 1. The molecule has 9 heteroatoms. The molecule has 27 heavy (non-hydrogen) atoms. The average molecular weight is 369 g/mol. The summed E-state index contributed by atoms with van der Waals surface area (Å²) in [4.78, 5) is 31.7. The van der Waals surface area contributed by atoms with Crippen molar-refractivity contribution in [3.05, 3.63) is 30.1 Å². The molecule has 1 saturated carbocycles. The Morgan fingerprint density at radius 2 is 2.07 bits per heavy atom. The quantitative estimate of drug-likeness (QED) is 0.850. The number of likely N-dealkylation sites (tertiary alicyclic amines) is 1. The molecule has 0 unspecified atom stereocenters. The molecule has 2 amide bonds. The van der Waals surface area contributed by atoms with Crippen LogP contribution < -0.4 is 5.32 Å². The van der Waals surface area contributed by atoms with Gasteiger partial charge in [-0.05, 0) is 31.7 Å². The minimum absolute atomic E-state index is 0.0493. The molecule has 2 fully saturated rings. The summed E-state index contributed by atoms with van der Waals surface area (Å²) < 4.78 is 3.52. The van der Waals surface area contributed by atoms with Crippen LogP contribution in [0.5, 0.6) is 0 Å². The number of nitrogens with one attached hydrogen (secondary N) is 1. The van der Waals surface area contributed by atoms with Gasteiger partial charge in [-0.3, -0.25) is 14.3 Å². The van der Waals surface area contributed by atoms with Gasteiger partial charge in [-0.1, -0.05) is 0 Å². The molecule has 1 N–H and O–H groups in total. The van der Waals surface area contributed by atoms with Crippen LogP contribution in [0.15, 0.2) is 18.6 Å². The van der Waals surface area contributed by atoms with E-state index in [0.29, 0.717) is 18.8 Å². The standard InChI is InChI=1S/C18H23N7O2/c1-23-7-4-13(22-23)17(27)24-8-5-18(10-24)6-9-25-15(19-11-20-25)14(18)21-16(26)12-2-3-12/h4,7,11-12,14H,2-3,5-6,8-10H2,1H3,(H,21,26)/t14-,18+/m1/s1. The maximum absolute atomic E-state index is 12.9. The first-order valence-electron chi connectivity index (χ1n) is 9.53. The molecule has 0 radical (unpaired) electrons. The highest BCUT2D eigenvalue weighted by molar-refractivity contribution is 5.92. The fourth-order valence-electron chi connectivity index (χ4n) is 4.44. The van der Waals surface area contributed by atoms with Crippen molar-refractivity contribution in [1.82, 2.24) is 34.8 Å². The summed E-state index contributed by atoms with van der Waals surface area (Å²) in [6, 6.07) is 1.54. The predicted octanol–water partition coefficient (Wildman–Crippen LogP) is 0.515. The Morgan fingerprint density at radius 1 is 1.26 bits per heavy atom. The monoisotopic (exact) mass is 369 g/mol. The van der Waals surface area contributed by atoms with E-state index in [2.05, 4.69) is 20.5 Å². The van der Waals surface area contributed by atoms with Gasteiger partial charge in [0.1, 0.15) is 17.8 Å². The van der Waals surface area contributed by atoms with Crippen molar-refractivity contribution < 1.29 is 9.59 Å². The SMILES string of the molecule is Cn1ccc(C(=O)N2CC[C@]3(CCn4ncnc4[C@H]3NC(=O)C3CC3)C2)n1. The van der Waals surface area contributed by atoms with Crippen LogP contribution in [0.1, 0.15) is 48.0 Å². The third kappa shape index (κ3) is 2.72. The topological polar surface area (TPSA) is 97.9 Å². The third-order valence-corrected chi connectivity index (χ3v) is 6.18. The van der Waals surface area contributed by atoms with E-state index in [1.54, 1.807) is 30.3 Å². The Bertz CT molecular complexity index is 899. The first-order valence-corrected chi connectivity index (χ1v) is 9.53. The normalized spacial score (nSPS) is 27.0. The van der Waals surface area contributed by atoms with Crippen LogP contribution in [-0.4, -0.2) is 54.3 Å². The van der Waals surface area contributed by atoms with Gasteiger partial charge in [0.05, 0.1) is 6.04 Å². The molecule has 1 saturated heterocycles. The lowest BCUT2D eigenvalue weighted by atomic mass is 9.74. The van der Waals surface area contributed by atoms with Gasteiger partial charge in [0.25, 0.3) is 5.91 Å². The Kier molecular flexibility index (Phi) is 3.60. The maximum atomic E-state index is 12.9. The van der Waals surface area contributed by atoms with Gasteiger partial charge >= 0.3 is 0 Å². The second-order valence-electron chi connectivity index (χ2n) is 8.02. The summed E-state index contributed by atoms with van der Waals surface area (Å²) >= 11 is 0. The smallest absolute Gasteiger partial charge is 0.274 e. The second kappa shape index (κ2) is 5.90. The first kappa shape index (κ1) is 16.5. The number of nitrogens with zero attached hydrogens (tertiary/aromatic N) is 6. The van der Waals surface area contributed by atoms with Gasteiger partial charge in [0.15, 0.2) is 0 Å². The van der Waals surface area contributed by atoms with Crippen molar-refractivity contribution in [2.24, 2.45) is 18.4 Å². The first-order chi connectivity index (χ1) is 13.1. The zero-order valence-electron chi connectivity index (χ0n) is 15.3. The lowest BCUT2D eigenvalue weighted by molar-refractivity contribution is -0.124. The number of carbonyl (C=O) groups is 2. The number of rotatable bonds is 3. The maximum Gasteiger partial charge on any atom is 0.274 e. The van der Waals surface area contributed by atoms with Gasteiger partial charge < -0.3 is 10.2 Å². The van der Waals surface area contributed by atoms with Crippen molar-refractivity contribution >= 4 is 11.8 Å². The van der Waals surface area contributed by atoms with E-state index in [0.717, 1.165) is 38.1 Å². The molecule has 142 valence electrons. The largest absolute Gasteiger partial charge is 0.345 e. The van der Waals surface area contributed by atoms with Crippen LogP contribution >= 0.6 is 0 Å². The highest BCUT2D eigenvalue weighted by Gasteiger charge is 2.51. The van der Waals surface area contributed by atoms with E-state index in [9.17, 15) is 9.59 Å².